The summed E-state index contributed by atoms with van der Waals surface area (Å²) in [7, 11) is 0. The Balaban J connectivity index is 1.52. The molecule has 0 aliphatic carbocycles. The zero-order chi connectivity index (χ0) is 20.1. The van der Waals surface area contributed by atoms with Gasteiger partial charge < -0.3 is 5.32 Å². The second kappa shape index (κ2) is 9.08. The van der Waals surface area contributed by atoms with Crippen molar-refractivity contribution in [3.05, 3.63) is 75.1 Å². The molecule has 1 aliphatic rings. The number of carbonyl (C=O) groups excluding carboxylic acids is 3. The fourth-order valence-electron chi connectivity index (χ4n) is 2.66. The van der Waals surface area contributed by atoms with Crippen LogP contribution < -0.4 is 5.32 Å². The van der Waals surface area contributed by atoms with E-state index >= 15 is 0 Å². The Hall–Kier alpha value is -2.57. The first-order valence-corrected chi connectivity index (χ1v) is 9.95. The van der Waals surface area contributed by atoms with Crippen LogP contribution in [0.15, 0.2) is 53.4 Å². The average Bonchev–Trinajstić information content (AvgIpc) is 2.93. The van der Waals surface area contributed by atoms with Crippen molar-refractivity contribution in [2.75, 3.05) is 13.1 Å². The molecule has 5 nitrogen and oxygen atoms in total. The molecule has 0 saturated carbocycles. The molecule has 2 aromatic rings. The molecule has 0 unspecified atom stereocenters. The summed E-state index contributed by atoms with van der Waals surface area (Å²) >= 11 is 6.74. The molecule has 0 spiro atoms. The van der Waals surface area contributed by atoms with Gasteiger partial charge in [0.2, 0.25) is 5.91 Å². The minimum absolute atomic E-state index is 0.141. The van der Waals surface area contributed by atoms with E-state index in [1.165, 1.54) is 0 Å². The van der Waals surface area contributed by atoms with E-state index in [0.29, 0.717) is 9.93 Å². The van der Waals surface area contributed by atoms with Gasteiger partial charge in [0.25, 0.3) is 11.1 Å². The Morgan fingerprint density at radius 1 is 1.11 bits per heavy atom. The highest BCUT2D eigenvalue weighted by Gasteiger charge is 2.34. The van der Waals surface area contributed by atoms with Gasteiger partial charge >= 0.3 is 0 Å². The minimum Gasteiger partial charge on any atom is -0.354 e. The third-order valence-corrected chi connectivity index (χ3v) is 5.34. The lowest BCUT2D eigenvalue weighted by Gasteiger charge is -2.13. The second-order valence-electron chi connectivity index (χ2n) is 6.40. The summed E-state index contributed by atoms with van der Waals surface area (Å²) < 4.78 is 0. The summed E-state index contributed by atoms with van der Waals surface area (Å²) in [4.78, 5) is 38.2. The van der Waals surface area contributed by atoms with E-state index in [1.54, 1.807) is 30.3 Å². The number of hydrogen-bond donors (Lipinski definition) is 1. The normalized spacial score (nSPS) is 15.4. The van der Waals surface area contributed by atoms with Crippen LogP contribution in [-0.2, 0) is 16.0 Å². The maximum absolute atomic E-state index is 12.5. The molecule has 1 saturated heterocycles. The first-order chi connectivity index (χ1) is 13.4. The summed E-state index contributed by atoms with van der Waals surface area (Å²) in [6.45, 7) is 2.34. The Kier molecular flexibility index (Phi) is 6.54. The highest BCUT2D eigenvalue weighted by atomic mass is 35.5. The van der Waals surface area contributed by atoms with E-state index in [1.807, 2.05) is 31.2 Å². The predicted octanol–water partition coefficient (Wildman–Crippen LogP) is 4.04. The number of benzene rings is 2. The lowest BCUT2D eigenvalue weighted by atomic mass is 10.1. The number of nitrogens with zero attached hydrogens (tertiary/aromatic N) is 1. The summed E-state index contributed by atoms with van der Waals surface area (Å²) in [6.07, 6.45) is 1.93. The summed E-state index contributed by atoms with van der Waals surface area (Å²) in [5.74, 6) is -0.507. The van der Waals surface area contributed by atoms with Crippen LogP contribution >= 0.6 is 23.4 Å². The molecule has 1 aliphatic heterocycles. The van der Waals surface area contributed by atoms with Gasteiger partial charge in [0.1, 0.15) is 0 Å². The first-order valence-electron chi connectivity index (χ1n) is 8.75. The number of halogens is 1. The number of carbonyl (C=O) groups is 3. The van der Waals surface area contributed by atoms with Crippen molar-refractivity contribution in [2.45, 2.75) is 13.3 Å². The van der Waals surface area contributed by atoms with E-state index in [9.17, 15) is 14.4 Å². The third-order valence-electron chi connectivity index (χ3n) is 4.18. The van der Waals surface area contributed by atoms with Crippen molar-refractivity contribution in [2.24, 2.45) is 0 Å². The Morgan fingerprint density at radius 2 is 1.79 bits per heavy atom. The van der Waals surface area contributed by atoms with Crippen molar-refractivity contribution in [3.8, 4) is 0 Å². The molecular formula is C21H19ClN2O3S. The molecule has 1 heterocycles. The molecule has 0 radical (unpaired) electrons. The van der Waals surface area contributed by atoms with Crippen LogP contribution in [0.4, 0.5) is 4.79 Å². The summed E-state index contributed by atoms with van der Waals surface area (Å²) in [5, 5.41) is 3.03. The molecule has 1 fully saturated rings. The number of hydrogen-bond acceptors (Lipinski definition) is 4. The van der Waals surface area contributed by atoms with Gasteiger partial charge in [-0.3, -0.25) is 19.3 Å². The topological polar surface area (TPSA) is 66.5 Å². The van der Waals surface area contributed by atoms with Gasteiger partial charge in [-0.15, -0.1) is 0 Å². The molecular weight excluding hydrogens is 396 g/mol. The summed E-state index contributed by atoms with van der Waals surface area (Å²) in [6, 6.07) is 14.7. The van der Waals surface area contributed by atoms with Gasteiger partial charge in [-0.25, -0.2) is 0 Å². The van der Waals surface area contributed by atoms with Crippen molar-refractivity contribution >= 4 is 46.5 Å². The number of nitrogens with one attached hydrogen (secondary N) is 1. The van der Waals surface area contributed by atoms with Crippen LogP contribution in [0, 0.1) is 6.92 Å². The molecule has 7 heteroatoms. The Labute approximate surface area is 172 Å². The highest BCUT2D eigenvalue weighted by Crippen LogP contribution is 2.31. The van der Waals surface area contributed by atoms with Crippen LogP contribution in [0.1, 0.15) is 16.7 Å². The van der Waals surface area contributed by atoms with Crippen LogP contribution in [0.2, 0.25) is 5.02 Å². The maximum atomic E-state index is 12.5. The van der Waals surface area contributed by atoms with Gasteiger partial charge in [-0.05, 0) is 48.0 Å². The standard InChI is InChI=1S/C21H19ClN2O3S/c1-14-2-4-15(5-3-14)12-18-20(26)24(21(27)28-18)11-10-23-19(25)13-16-6-8-17(22)9-7-16/h2-9,12H,10-11,13H2,1H3,(H,23,25). The van der Waals surface area contributed by atoms with Gasteiger partial charge in [-0.1, -0.05) is 53.6 Å². The van der Waals surface area contributed by atoms with Crippen molar-refractivity contribution in [3.63, 3.8) is 0 Å². The smallest absolute Gasteiger partial charge is 0.293 e. The SMILES string of the molecule is Cc1ccc(C=C2SC(=O)N(CCNC(=O)Cc3ccc(Cl)cc3)C2=O)cc1. The molecule has 3 amide bonds. The monoisotopic (exact) mass is 414 g/mol. The van der Waals surface area contributed by atoms with Gasteiger partial charge in [0.05, 0.1) is 11.3 Å². The Morgan fingerprint density at radius 3 is 2.46 bits per heavy atom. The number of thioether (sulfide) groups is 1. The lowest BCUT2D eigenvalue weighted by molar-refractivity contribution is -0.124. The van der Waals surface area contributed by atoms with Gasteiger partial charge in [-0.2, -0.15) is 0 Å². The largest absolute Gasteiger partial charge is 0.354 e. The fourth-order valence-corrected chi connectivity index (χ4v) is 3.66. The van der Waals surface area contributed by atoms with E-state index in [-0.39, 0.29) is 36.6 Å². The maximum Gasteiger partial charge on any atom is 0.293 e. The van der Waals surface area contributed by atoms with Crippen molar-refractivity contribution < 1.29 is 14.4 Å². The minimum atomic E-state index is -0.331. The van der Waals surface area contributed by atoms with Crippen molar-refractivity contribution in [1.29, 1.82) is 0 Å². The highest BCUT2D eigenvalue weighted by molar-refractivity contribution is 8.18. The quantitative estimate of drug-likeness (QED) is 0.724. The van der Waals surface area contributed by atoms with Crippen LogP contribution in [-0.4, -0.2) is 35.0 Å². The molecule has 1 N–H and O–H groups in total. The van der Waals surface area contributed by atoms with E-state index in [2.05, 4.69) is 5.32 Å². The molecule has 0 aromatic heterocycles. The van der Waals surface area contributed by atoms with Crippen LogP contribution in [0.5, 0.6) is 0 Å². The molecule has 0 atom stereocenters. The number of rotatable bonds is 6. The predicted molar refractivity (Wildman–Crippen MR) is 112 cm³/mol. The number of imide groups is 1. The average molecular weight is 415 g/mol. The van der Waals surface area contributed by atoms with E-state index < -0.39 is 0 Å². The zero-order valence-electron chi connectivity index (χ0n) is 15.3. The number of aryl methyl sites for hydroxylation is 1. The van der Waals surface area contributed by atoms with E-state index in [0.717, 1.165) is 33.4 Å². The van der Waals surface area contributed by atoms with E-state index in [4.69, 9.17) is 11.6 Å². The first kappa shape index (κ1) is 20.2. The Bertz CT molecular complexity index is 924. The fraction of sp³-hybridized carbons (Fsp3) is 0.190. The lowest BCUT2D eigenvalue weighted by Crippen LogP contribution is -2.37. The number of amides is 3. The molecule has 28 heavy (non-hydrogen) atoms. The van der Waals surface area contributed by atoms with Gasteiger partial charge in [0, 0.05) is 18.1 Å². The second-order valence-corrected chi connectivity index (χ2v) is 7.83. The van der Waals surface area contributed by atoms with Crippen LogP contribution in [0.3, 0.4) is 0 Å². The van der Waals surface area contributed by atoms with Crippen LogP contribution in [0.25, 0.3) is 6.08 Å². The zero-order valence-corrected chi connectivity index (χ0v) is 16.8. The molecule has 2 aromatic carbocycles. The van der Waals surface area contributed by atoms with Crippen molar-refractivity contribution in [1.82, 2.24) is 10.2 Å². The summed E-state index contributed by atoms with van der Waals surface area (Å²) in [5.41, 5.74) is 2.83. The van der Waals surface area contributed by atoms with Gasteiger partial charge in [0.15, 0.2) is 0 Å². The molecule has 0 bridgehead atoms. The third kappa shape index (κ3) is 5.24. The molecule has 144 valence electrons. The molecule has 3 rings (SSSR count).